The first-order valence-electron chi connectivity index (χ1n) is 13.2. The number of carbonyl (C=O) groups is 1. The van der Waals surface area contributed by atoms with Gasteiger partial charge in [-0.05, 0) is 57.2 Å². The third-order valence-corrected chi connectivity index (χ3v) is 8.83. The minimum atomic E-state index is -3.34. The van der Waals surface area contributed by atoms with Gasteiger partial charge in [0.1, 0.15) is 16.5 Å². The predicted molar refractivity (Wildman–Crippen MR) is 157 cm³/mol. The largest absolute Gasteiger partial charge is 0.462 e. The van der Waals surface area contributed by atoms with Crippen molar-refractivity contribution in [2.45, 2.75) is 40.2 Å². The number of piperidine rings is 1. The quantitative estimate of drug-likeness (QED) is 0.228. The Morgan fingerprint density at radius 2 is 1.88 bits per heavy atom. The van der Waals surface area contributed by atoms with Gasteiger partial charge in [-0.1, -0.05) is 23.5 Å². The summed E-state index contributed by atoms with van der Waals surface area (Å²) in [5.74, 6) is 1.54. The molecule has 216 valence electrons. The number of nitrogens with one attached hydrogen (secondary N) is 3. The van der Waals surface area contributed by atoms with E-state index >= 15 is 0 Å². The van der Waals surface area contributed by atoms with Crippen molar-refractivity contribution in [1.29, 1.82) is 0 Å². The summed E-state index contributed by atoms with van der Waals surface area (Å²) in [4.78, 5) is 28.6. The van der Waals surface area contributed by atoms with E-state index in [2.05, 4.69) is 30.2 Å². The van der Waals surface area contributed by atoms with Crippen LogP contribution in [0.4, 0.5) is 28.4 Å². The Hall–Kier alpha value is -3.49. The monoisotopic (exact) mass is 589 g/mol. The zero-order chi connectivity index (χ0) is 28.7. The highest BCUT2D eigenvalue weighted by Gasteiger charge is 2.22. The molecule has 40 heavy (non-hydrogen) atoms. The smallest absolute Gasteiger partial charge is 0.350 e. The van der Waals surface area contributed by atoms with Crippen molar-refractivity contribution in [3.8, 4) is 0 Å². The van der Waals surface area contributed by atoms with E-state index in [0.29, 0.717) is 39.7 Å². The molecular weight excluding hydrogens is 554 g/mol. The van der Waals surface area contributed by atoms with Crippen LogP contribution in [0.25, 0.3) is 0 Å². The fourth-order valence-electron chi connectivity index (χ4n) is 4.15. The van der Waals surface area contributed by atoms with Crippen molar-refractivity contribution in [2.24, 2.45) is 5.92 Å². The molecule has 2 aromatic heterocycles. The van der Waals surface area contributed by atoms with Gasteiger partial charge in [-0.25, -0.2) is 18.2 Å². The zero-order valence-electron chi connectivity index (χ0n) is 22.8. The maximum atomic E-state index is 12.2. The number of aryl methyl sites for hydroxylation is 1. The molecule has 0 radical (unpaired) electrons. The first-order valence-corrected chi connectivity index (χ1v) is 15.7. The Kier molecular flexibility index (Phi) is 9.76. The molecular formula is C26H35N7O5S2. The second-order valence-electron chi connectivity index (χ2n) is 9.38. The summed E-state index contributed by atoms with van der Waals surface area (Å²) in [5, 5.41) is 16.5. The highest BCUT2D eigenvalue weighted by atomic mass is 32.2. The number of nitrogens with zero attached hydrogens (tertiary/aromatic N) is 4. The number of aromatic nitrogens is 3. The van der Waals surface area contributed by atoms with Crippen LogP contribution in [0.1, 0.15) is 47.6 Å². The average molecular weight is 590 g/mol. The van der Waals surface area contributed by atoms with Crippen molar-refractivity contribution in [3.63, 3.8) is 0 Å². The van der Waals surface area contributed by atoms with Crippen molar-refractivity contribution < 1.29 is 23.1 Å². The molecule has 14 heteroatoms. The predicted octanol–water partition coefficient (Wildman–Crippen LogP) is 3.74. The number of aliphatic hydroxyl groups is 1. The fraction of sp³-hybridized carbons (Fsp3) is 0.462. The van der Waals surface area contributed by atoms with Crippen LogP contribution >= 0.6 is 11.3 Å². The summed E-state index contributed by atoms with van der Waals surface area (Å²) < 4.78 is 31.3. The second-order valence-corrected chi connectivity index (χ2v) is 12.4. The van der Waals surface area contributed by atoms with Crippen molar-refractivity contribution in [2.75, 3.05) is 52.3 Å². The Labute approximate surface area is 238 Å². The van der Waals surface area contributed by atoms with Crippen molar-refractivity contribution in [1.82, 2.24) is 15.0 Å². The number of thiazole rings is 1. The molecule has 1 aliphatic rings. The van der Waals surface area contributed by atoms with Gasteiger partial charge in [-0.3, -0.25) is 10.0 Å². The van der Waals surface area contributed by atoms with E-state index < -0.39 is 16.0 Å². The number of carbonyl (C=O) groups excluding carboxylic acids is 1. The Morgan fingerprint density at radius 1 is 1.15 bits per heavy atom. The molecule has 1 aliphatic heterocycles. The minimum Gasteiger partial charge on any atom is -0.462 e. The number of aliphatic hydroxyl groups excluding tert-OH is 1. The van der Waals surface area contributed by atoms with Gasteiger partial charge in [0.25, 0.3) is 0 Å². The number of anilines is 5. The van der Waals surface area contributed by atoms with Crippen LogP contribution < -0.4 is 20.3 Å². The van der Waals surface area contributed by atoms with Gasteiger partial charge in [-0.15, -0.1) is 0 Å². The third kappa shape index (κ3) is 7.79. The van der Waals surface area contributed by atoms with Gasteiger partial charge in [-0.2, -0.15) is 9.97 Å². The van der Waals surface area contributed by atoms with Crippen LogP contribution in [-0.4, -0.2) is 66.5 Å². The van der Waals surface area contributed by atoms with E-state index in [9.17, 15) is 18.3 Å². The van der Waals surface area contributed by atoms with E-state index in [1.165, 1.54) is 11.3 Å². The van der Waals surface area contributed by atoms with Gasteiger partial charge in [0, 0.05) is 38.0 Å². The normalized spacial score (nSPS) is 14.2. The van der Waals surface area contributed by atoms with E-state index in [-0.39, 0.29) is 24.9 Å². The van der Waals surface area contributed by atoms with Gasteiger partial charge in [0.15, 0.2) is 5.13 Å². The maximum Gasteiger partial charge on any atom is 0.350 e. The molecule has 3 aromatic rings. The molecule has 12 nitrogen and oxygen atoms in total. The van der Waals surface area contributed by atoms with Crippen LogP contribution in [-0.2, 0) is 21.3 Å². The van der Waals surface area contributed by atoms with E-state index in [0.717, 1.165) is 37.3 Å². The standard InChI is InChI=1S/C26H35N7O5S2/c1-4-38-24(35)23-17(3)28-26(39-23)31-25-29-21(14-22(30-25)33-12-10-19(16-34)11-13-33)27-15-18-6-8-20(9-7-18)32-40(36,37)5-2/h6-9,14,19,32,34H,4-5,10-13,15-16H2,1-3H3,(H2,27,28,29,30,31). The number of ether oxygens (including phenoxy) is 1. The molecule has 4 N–H and O–H groups in total. The number of rotatable bonds is 12. The summed E-state index contributed by atoms with van der Waals surface area (Å²) in [6.07, 6.45) is 1.74. The topological polar surface area (TPSA) is 159 Å². The van der Waals surface area contributed by atoms with Crippen molar-refractivity contribution in [3.05, 3.63) is 46.5 Å². The van der Waals surface area contributed by atoms with Gasteiger partial charge in [0.05, 0.1) is 18.1 Å². The molecule has 0 bridgehead atoms. The van der Waals surface area contributed by atoms with Crippen molar-refractivity contribution >= 4 is 55.7 Å². The highest BCUT2D eigenvalue weighted by molar-refractivity contribution is 7.92. The number of esters is 1. The molecule has 0 spiro atoms. The number of hydrogen-bond donors (Lipinski definition) is 4. The third-order valence-electron chi connectivity index (χ3n) is 6.47. The summed E-state index contributed by atoms with van der Waals surface area (Å²) >= 11 is 1.18. The summed E-state index contributed by atoms with van der Waals surface area (Å²) in [6.45, 7) is 7.54. The molecule has 3 heterocycles. The van der Waals surface area contributed by atoms with Crippen LogP contribution in [0.3, 0.4) is 0 Å². The first-order chi connectivity index (χ1) is 19.2. The fourth-order valence-corrected chi connectivity index (χ4v) is 5.65. The summed E-state index contributed by atoms with van der Waals surface area (Å²) in [6, 6.07) is 9.01. The van der Waals surface area contributed by atoms with Gasteiger partial charge >= 0.3 is 5.97 Å². The maximum absolute atomic E-state index is 12.2. The summed E-state index contributed by atoms with van der Waals surface area (Å²) in [7, 11) is -3.34. The lowest BCUT2D eigenvalue weighted by molar-refractivity contribution is 0.0531. The lowest BCUT2D eigenvalue weighted by atomic mass is 9.98. The number of sulfonamides is 1. The summed E-state index contributed by atoms with van der Waals surface area (Å²) in [5.41, 5.74) is 2.01. The Morgan fingerprint density at radius 3 is 2.52 bits per heavy atom. The lowest BCUT2D eigenvalue weighted by Gasteiger charge is -2.32. The number of hydrogen-bond acceptors (Lipinski definition) is 12. The molecule has 0 unspecified atom stereocenters. The minimum absolute atomic E-state index is 0.00505. The second kappa shape index (κ2) is 13.2. The van der Waals surface area contributed by atoms with Crippen LogP contribution in [0.2, 0.25) is 0 Å². The number of benzene rings is 1. The zero-order valence-corrected chi connectivity index (χ0v) is 24.4. The molecule has 1 aromatic carbocycles. The van der Waals surface area contributed by atoms with Crippen LogP contribution in [0, 0.1) is 12.8 Å². The molecule has 1 saturated heterocycles. The molecule has 0 saturated carbocycles. The van der Waals surface area contributed by atoms with E-state index in [1.54, 1.807) is 32.9 Å². The van der Waals surface area contributed by atoms with Crippen LogP contribution in [0.5, 0.6) is 0 Å². The molecule has 4 rings (SSSR count). The Balaban J connectivity index is 1.53. The highest BCUT2D eigenvalue weighted by Crippen LogP contribution is 2.29. The average Bonchev–Trinajstić information content (AvgIpc) is 3.32. The van der Waals surface area contributed by atoms with Gasteiger partial charge < -0.3 is 20.1 Å². The van der Waals surface area contributed by atoms with E-state index in [4.69, 9.17) is 9.72 Å². The SMILES string of the molecule is CCOC(=O)c1sc(Nc2nc(NCc3ccc(NS(=O)(=O)CC)cc3)cc(N3CCC(CO)CC3)n2)nc1C. The molecule has 1 fully saturated rings. The lowest BCUT2D eigenvalue weighted by Crippen LogP contribution is -2.35. The Bertz CT molecular complexity index is 1410. The molecule has 0 atom stereocenters. The van der Waals surface area contributed by atoms with Gasteiger partial charge in [0.2, 0.25) is 16.0 Å². The van der Waals surface area contributed by atoms with E-state index in [1.807, 2.05) is 18.2 Å². The molecule has 0 aliphatic carbocycles. The van der Waals surface area contributed by atoms with Crippen LogP contribution in [0.15, 0.2) is 30.3 Å². The molecule has 0 amide bonds. The first kappa shape index (κ1) is 29.5.